The number of carboxylic acid groups (broad SMARTS) is 4. The molecule has 0 unspecified atom stereocenters. The minimum absolute atomic E-state index is 0. The predicted molar refractivity (Wildman–Crippen MR) is 93.9 cm³/mol. The van der Waals surface area contributed by atoms with Crippen molar-refractivity contribution in [3.8, 4) is 0 Å². The first kappa shape index (κ1) is 36.5. The molecule has 0 aromatic rings. The summed E-state index contributed by atoms with van der Waals surface area (Å²) in [6.07, 6.45) is 10.5. The average molecular weight is 531 g/mol. The van der Waals surface area contributed by atoms with Crippen LogP contribution in [-0.4, -0.2) is 23.9 Å². The molecule has 0 aliphatic carbocycles. The maximum atomic E-state index is 10.0. The molecule has 0 saturated carbocycles. The second-order valence-corrected chi connectivity index (χ2v) is 6.73. The predicted octanol–water partition coefficient (Wildman–Crippen LogP) is -0.791. The molecule has 0 amide bonds. The van der Waals surface area contributed by atoms with Gasteiger partial charge in [0.2, 0.25) is 0 Å². The molecule has 0 aliphatic rings. The summed E-state index contributed by atoms with van der Waals surface area (Å²) in [5, 5.41) is 40.1. The van der Waals surface area contributed by atoms with Gasteiger partial charge < -0.3 is 39.6 Å². The Kier molecular flexibility index (Phi) is 34.2. The number of rotatable bonds is 18. The number of carboxylic acids is 4. The molecule has 0 aromatic heterocycles. The van der Waals surface area contributed by atoms with Crippen molar-refractivity contribution in [2.75, 3.05) is 0 Å². The summed E-state index contributed by atoms with van der Waals surface area (Å²) >= 11 is 0. The summed E-state index contributed by atoms with van der Waals surface area (Å²) in [5.41, 5.74) is 0. The molecule has 0 rings (SSSR count). The van der Waals surface area contributed by atoms with Crippen LogP contribution in [0.2, 0.25) is 0 Å². The van der Waals surface area contributed by atoms with Gasteiger partial charge in [0.05, 0.1) is 0 Å². The zero-order valence-electron chi connectivity index (χ0n) is 18.0. The van der Waals surface area contributed by atoms with E-state index in [9.17, 15) is 39.6 Å². The van der Waals surface area contributed by atoms with E-state index in [0.29, 0.717) is 25.7 Å². The number of hydrogen-bond acceptors (Lipinski definition) is 8. The molecule has 0 aromatic carbocycles. The molecule has 30 heavy (non-hydrogen) atoms. The van der Waals surface area contributed by atoms with E-state index in [0.717, 1.165) is 51.4 Å². The molecule has 0 radical (unpaired) electrons. The van der Waals surface area contributed by atoms with E-state index in [1.54, 1.807) is 0 Å². The Labute approximate surface area is 204 Å². The molecule has 8 nitrogen and oxygen atoms in total. The van der Waals surface area contributed by atoms with E-state index >= 15 is 0 Å². The van der Waals surface area contributed by atoms with E-state index in [1.807, 2.05) is 0 Å². The number of unbranched alkanes of at least 4 members (excludes halogenated alkanes) is 10. The Morgan fingerprint density at radius 2 is 0.467 bits per heavy atom. The number of carbonyl (C=O) groups is 4. The van der Waals surface area contributed by atoms with Crippen LogP contribution in [0.1, 0.15) is 103 Å². The second kappa shape index (κ2) is 28.1. The van der Waals surface area contributed by atoms with Crippen LogP contribution in [0.4, 0.5) is 0 Å². The fraction of sp³-hybridized carbons (Fsp3) is 0.800. The van der Waals surface area contributed by atoms with Crippen molar-refractivity contribution >= 4 is 23.9 Å². The Morgan fingerprint density at radius 3 is 0.600 bits per heavy atom. The smallest absolute Gasteiger partial charge is 0.550 e. The average Bonchev–Trinajstić information content (AvgIpc) is 2.59. The summed E-state index contributed by atoms with van der Waals surface area (Å²) in [6.45, 7) is 0. The third-order valence-corrected chi connectivity index (χ3v) is 4.02. The SMILES string of the molecule is O=C([O-])CCCCCCCCC(=O)[O-].O=C([O-])CCCCCCCCC(=O)[O-].[Zn+2].[Zn+2]. The third kappa shape index (κ3) is 41.5. The maximum absolute atomic E-state index is 10.0. The fourth-order valence-electron chi connectivity index (χ4n) is 2.49. The summed E-state index contributed by atoms with van der Waals surface area (Å²) in [4.78, 5) is 40.1. The van der Waals surface area contributed by atoms with Gasteiger partial charge in [-0.1, -0.05) is 51.4 Å². The molecule has 0 aliphatic heterocycles. The third-order valence-electron chi connectivity index (χ3n) is 4.02. The quantitative estimate of drug-likeness (QED) is 0.164. The molecule has 164 valence electrons. The van der Waals surface area contributed by atoms with Crippen molar-refractivity contribution in [3.63, 3.8) is 0 Å². The second-order valence-electron chi connectivity index (χ2n) is 6.73. The van der Waals surface area contributed by atoms with Gasteiger partial charge in [0, 0.05) is 23.9 Å². The summed E-state index contributed by atoms with van der Waals surface area (Å²) in [6, 6.07) is 0. The summed E-state index contributed by atoms with van der Waals surface area (Å²) < 4.78 is 0. The van der Waals surface area contributed by atoms with Crippen LogP contribution in [0.3, 0.4) is 0 Å². The normalized spacial score (nSPS) is 9.33. The van der Waals surface area contributed by atoms with Crippen LogP contribution >= 0.6 is 0 Å². The van der Waals surface area contributed by atoms with Crippen molar-refractivity contribution < 1.29 is 78.6 Å². The zero-order chi connectivity index (χ0) is 21.6. The van der Waals surface area contributed by atoms with E-state index in [1.165, 1.54) is 0 Å². The van der Waals surface area contributed by atoms with E-state index in [4.69, 9.17) is 0 Å². The zero-order valence-corrected chi connectivity index (χ0v) is 23.9. The molecular weight excluding hydrogens is 499 g/mol. The topological polar surface area (TPSA) is 161 Å². The molecule has 10 heteroatoms. The van der Waals surface area contributed by atoms with Crippen molar-refractivity contribution in [1.29, 1.82) is 0 Å². The molecule has 0 heterocycles. The Hall–Kier alpha value is -0.873. The molecule has 0 N–H and O–H groups in total. The van der Waals surface area contributed by atoms with Gasteiger partial charge in [-0.05, 0) is 51.4 Å². The molecule has 0 atom stereocenters. The molecule has 0 spiro atoms. The van der Waals surface area contributed by atoms with Crippen LogP contribution in [0.25, 0.3) is 0 Å². The van der Waals surface area contributed by atoms with E-state index in [2.05, 4.69) is 0 Å². The van der Waals surface area contributed by atoms with Gasteiger partial charge in [-0.2, -0.15) is 0 Å². The Morgan fingerprint density at radius 1 is 0.333 bits per heavy atom. The van der Waals surface area contributed by atoms with Crippen LogP contribution in [0, 0.1) is 0 Å². The van der Waals surface area contributed by atoms with E-state index in [-0.39, 0.29) is 64.6 Å². The van der Waals surface area contributed by atoms with Gasteiger partial charge in [0.15, 0.2) is 0 Å². The minimum Gasteiger partial charge on any atom is -0.550 e. The van der Waals surface area contributed by atoms with Crippen molar-refractivity contribution in [3.05, 3.63) is 0 Å². The number of hydrogen-bond donors (Lipinski definition) is 0. The van der Waals surface area contributed by atoms with Crippen LogP contribution in [-0.2, 0) is 58.1 Å². The fourth-order valence-corrected chi connectivity index (χ4v) is 2.49. The molecule has 0 fully saturated rings. The van der Waals surface area contributed by atoms with Crippen LogP contribution < -0.4 is 20.4 Å². The summed E-state index contributed by atoms with van der Waals surface area (Å²) in [5.74, 6) is -3.99. The maximum Gasteiger partial charge on any atom is 2.00 e. The standard InChI is InChI=1S/2C10H18O4.2Zn/c2*11-9(12)7-5-3-1-2-4-6-8-10(13)14;;/h2*1-8H2,(H,11,12)(H,13,14);;/q;;2*+2/p-4. The van der Waals surface area contributed by atoms with Crippen LogP contribution in [0.5, 0.6) is 0 Å². The van der Waals surface area contributed by atoms with Crippen molar-refractivity contribution in [2.45, 2.75) is 103 Å². The molecular formula is C20H32O8Zn2. The monoisotopic (exact) mass is 528 g/mol. The first-order valence-electron chi connectivity index (χ1n) is 10.0. The van der Waals surface area contributed by atoms with Crippen LogP contribution in [0.15, 0.2) is 0 Å². The Bertz CT molecular complexity index is 365. The molecule has 0 bridgehead atoms. The Balaban J connectivity index is -0.000000211. The largest absolute Gasteiger partial charge is 2.00 e. The van der Waals surface area contributed by atoms with Gasteiger partial charge in [0.1, 0.15) is 0 Å². The first-order valence-corrected chi connectivity index (χ1v) is 10.0. The first-order chi connectivity index (χ1) is 13.3. The van der Waals surface area contributed by atoms with E-state index < -0.39 is 23.9 Å². The number of carbonyl (C=O) groups excluding carboxylic acids is 4. The van der Waals surface area contributed by atoms with Crippen molar-refractivity contribution in [1.82, 2.24) is 0 Å². The molecule has 0 saturated heterocycles. The van der Waals surface area contributed by atoms with Crippen molar-refractivity contribution in [2.24, 2.45) is 0 Å². The minimum atomic E-state index is -0.998. The van der Waals surface area contributed by atoms with Gasteiger partial charge in [0.25, 0.3) is 0 Å². The van der Waals surface area contributed by atoms with Gasteiger partial charge >= 0.3 is 39.0 Å². The summed E-state index contributed by atoms with van der Waals surface area (Å²) in [7, 11) is 0. The number of aliphatic carboxylic acids is 4. The van der Waals surface area contributed by atoms with Gasteiger partial charge in [-0.3, -0.25) is 0 Å². The van der Waals surface area contributed by atoms with Gasteiger partial charge in [-0.25, -0.2) is 0 Å². The van der Waals surface area contributed by atoms with Gasteiger partial charge in [-0.15, -0.1) is 0 Å².